The monoisotopic (exact) mass is 341 g/mol. The summed E-state index contributed by atoms with van der Waals surface area (Å²) >= 11 is 1.73. The van der Waals surface area contributed by atoms with Crippen molar-refractivity contribution in [3.8, 4) is 0 Å². The van der Waals surface area contributed by atoms with Crippen LogP contribution in [0, 0.1) is 0 Å². The summed E-state index contributed by atoms with van der Waals surface area (Å²) in [5.74, 6) is 0.551. The Balaban J connectivity index is 1.50. The fraction of sp³-hybridized carbons (Fsp3) is 0.526. The zero-order valence-corrected chi connectivity index (χ0v) is 14.7. The van der Waals surface area contributed by atoms with Gasteiger partial charge in [-0.2, -0.15) is 0 Å². The van der Waals surface area contributed by atoms with E-state index in [1.54, 1.807) is 23.9 Å². The Labute approximate surface area is 146 Å². The van der Waals surface area contributed by atoms with Crippen LogP contribution in [0.5, 0.6) is 0 Å². The molecule has 3 heterocycles. The van der Waals surface area contributed by atoms with E-state index in [1.807, 2.05) is 11.0 Å². The average Bonchev–Trinajstić information content (AvgIpc) is 2.92. The van der Waals surface area contributed by atoms with Crippen LogP contribution in [0.2, 0.25) is 0 Å². The van der Waals surface area contributed by atoms with E-state index in [-0.39, 0.29) is 5.91 Å². The molecule has 2 aromatic heterocycles. The molecule has 0 bridgehead atoms. The van der Waals surface area contributed by atoms with Gasteiger partial charge in [0.05, 0.1) is 4.88 Å². The number of carbonyl (C=O) groups excluding carboxylic acids is 1. The van der Waals surface area contributed by atoms with E-state index in [9.17, 15) is 4.79 Å². The van der Waals surface area contributed by atoms with Gasteiger partial charge in [0.25, 0.3) is 5.91 Å². The molecule has 1 atom stereocenters. The van der Waals surface area contributed by atoms with Gasteiger partial charge >= 0.3 is 0 Å². The quantitative estimate of drug-likeness (QED) is 0.780. The number of nitrogens with zero attached hydrogens (tertiary/aromatic N) is 3. The summed E-state index contributed by atoms with van der Waals surface area (Å²) in [6.45, 7) is 1.64. The number of carbonyl (C=O) groups is 1. The number of hydrogen-bond donors (Lipinski definition) is 0. The first-order valence-electron chi connectivity index (χ1n) is 8.98. The average molecular weight is 341 g/mol. The summed E-state index contributed by atoms with van der Waals surface area (Å²) in [6.07, 6.45) is 11.7. The number of rotatable bonds is 2. The first-order valence-corrected chi connectivity index (χ1v) is 9.79. The topological polar surface area (TPSA) is 46.1 Å². The highest BCUT2D eigenvalue weighted by molar-refractivity contribution is 7.14. The second kappa shape index (κ2) is 7.01. The van der Waals surface area contributed by atoms with E-state index < -0.39 is 0 Å². The van der Waals surface area contributed by atoms with Crippen molar-refractivity contribution in [2.45, 2.75) is 50.9 Å². The zero-order chi connectivity index (χ0) is 16.4. The predicted molar refractivity (Wildman–Crippen MR) is 95.5 cm³/mol. The molecule has 0 saturated carbocycles. The number of fused-ring (bicyclic) bond motifs is 1. The molecule has 5 heteroatoms. The Hall–Kier alpha value is -1.75. The molecule has 1 aliphatic heterocycles. The number of hydrogen-bond acceptors (Lipinski definition) is 4. The zero-order valence-electron chi connectivity index (χ0n) is 13.9. The van der Waals surface area contributed by atoms with E-state index >= 15 is 0 Å². The molecule has 0 spiro atoms. The first-order chi connectivity index (χ1) is 11.8. The first kappa shape index (κ1) is 15.8. The van der Waals surface area contributed by atoms with Gasteiger partial charge < -0.3 is 4.90 Å². The third kappa shape index (κ3) is 3.22. The van der Waals surface area contributed by atoms with Crippen LogP contribution < -0.4 is 0 Å². The molecule has 1 amide bonds. The number of likely N-dealkylation sites (tertiary alicyclic amines) is 1. The maximum absolute atomic E-state index is 13.0. The van der Waals surface area contributed by atoms with Crippen LogP contribution in [0.15, 0.2) is 24.7 Å². The van der Waals surface area contributed by atoms with Crippen molar-refractivity contribution in [3.05, 3.63) is 45.7 Å². The van der Waals surface area contributed by atoms with Crippen LogP contribution in [0.3, 0.4) is 0 Å². The van der Waals surface area contributed by atoms with Crippen LogP contribution >= 0.6 is 11.3 Å². The fourth-order valence-corrected chi connectivity index (χ4v) is 5.10. The SMILES string of the molecule is O=C(c1cc2c(s1)CCCCC2)N1CCCC(c2ccncn2)C1. The van der Waals surface area contributed by atoms with E-state index in [4.69, 9.17) is 0 Å². The minimum atomic E-state index is 0.215. The van der Waals surface area contributed by atoms with Gasteiger partial charge in [0.1, 0.15) is 6.33 Å². The van der Waals surface area contributed by atoms with Gasteiger partial charge in [-0.1, -0.05) is 6.42 Å². The van der Waals surface area contributed by atoms with Gasteiger partial charge in [-0.3, -0.25) is 4.79 Å². The minimum absolute atomic E-state index is 0.215. The van der Waals surface area contributed by atoms with Crippen LogP contribution in [0.1, 0.15) is 63.8 Å². The van der Waals surface area contributed by atoms with Gasteiger partial charge in [-0.25, -0.2) is 9.97 Å². The molecule has 1 saturated heterocycles. The molecular formula is C19H23N3OS. The van der Waals surface area contributed by atoms with Crippen molar-refractivity contribution >= 4 is 17.2 Å². The fourth-order valence-electron chi connectivity index (χ4n) is 3.87. The summed E-state index contributed by atoms with van der Waals surface area (Å²) in [5.41, 5.74) is 2.48. The number of thiophene rings is 1. The Bertz CT molecular complexity index is 689. The Morgan fingerprint density at radius 1 is 1.21 bits per heavy atom. The smallest absolute Gasteiger partial charge is 0.263 e. The van der Waals surface area contributed by atoms with Gasteiger partial charge in [-0.05, 0) is 56.2 Å². The van der Waals surface area contributed by atoms with Crippen molar-refractivity contribution in [1.29, 1.82) is 0 Å². The molecule has 1 fully saturated rings. The molecule has 1 aliphatic carbocycles. The molecule has 4 nitrogen and oxygen atoms in total. The summed E-state index contributed by atoms with van der Waals surface area (Å²) < 4.78 is 0. The summed E-state index contributed by atoms with van der Waals surface area (Å²) in [4.78, 5) is 25.8. The Kier molecular flexibility index (Phi) is 4.60. The van der Waals surface area contributed by atoms with Crippen molar-refractivity contribution in [2.75, 3.05) is 13.1 Å². The third-order valence-electron chi connectivity index (χ3n) is 5.19. The number of amides is 1. The standard InChI is InChI=1S/C19H23N3OS/c23-19(18-11-14-5-2-1-3-7-17(14)24-18)22-10-4-6-15(12-22)16-8-9-20-13-21-16/h8-9,11,13,15H,1-7,10,12H2. The van der Waals surface area contributed by atoms with Crippen LogP contribution in [0.4, 0.5) is 0 Å². The second-order valence-electron chi connectivity index (χ2n) is 6.84. The highest BCUT2D eigenvalue weighted by atomic mass is 32.1. The third-order valence-corrected chi connectivity index (χ3v) is 6.41. The number of aromatic nitrogens is 2. The molecule has 4 rings (SSSR count). The van der Waals surface area contributed by atoms with Gasteiger partial charge in [-0.15, -0.1) is 11.3 Å². The lowest BCUT2D eigenvalue weighted by atomic mass is 9.94. The van der Waals surface area contributed by atoms with E-state index in [0.29, 0.717) is 5.92 Å². The Morgan fingerprint density at radius 3 is 3.00 bits per heavy atom. The molecule has 1 unspecified atom stereocenters. The highest BCUT2D eigenvalue weighted by Crippen LogP contribution is 2.31. The summed E-state index contributed by atoms with van der Waals surface area (Å²) in [7, 11) is 0. The van der Waals surface area contributed by atoms with Gasteiger partial charge in [0.15, 0.2) is 0 Å². The van der Waals surface area contributed by atoms with Crippen molar-refractivity contribution < 1.29 is 4.79 Å². The minimum Gasteiger partial charge on any atom is -0.337 e. The van der Waals surface area contributed by atoms with Crippen LogP contribution in [-0.4, -0.2) is 33.9 Å². The lowest BCUT2D eigenvalue weighted by molar-refractivity contribution is 0.0710. The van der Waals surface area contributed by atoms with Crippen molar-refractivity contribution in [1.82, 2.24) is 14.9 Å². The normalized spacial score (nSPS) is 21.2. The van der Waals surface area contributed by atoms with E-state index in [1.165, 1.54) is 29.7 Å². The van der Waals surface area contributed by atoms with E-state index in [2.05, 4.69) is 16.0 Å². The van der Waals surface area contributed by atoms with Crippen molar-refractivity contribution in [3.63, 3.8) is 0 Å². The molecule has 0 N–H and O–H groups in total. The lowest BCUT2D eigenvalue weighted by Crippen LogP contribution is -2.39. The number of piperidine rings is 1. The van der Waals surface area contributed by atoms with Gasteiger partial charge in [0, 0.05) is 35.8 Å². The maximum Gasteiger partial charge on any atom is 0.263 e. The Morgan fingerprint density at radius 2 is 2.12 bits per heavy atom. The molecule has 24 heavy (non-hydrogen) atoms. The van der Waals surface area contributed by atoms with Gasteiger partial charge in [0.2, 0.25) is 0 Å². The predicted octanol–water partition coefficient (Wildman–Crippen LogP) is 3.83. The highest BCUT2D eigenvalue weighted by Gasteiger charge is 2.27. The van der Waals surface area contributed by atoms with Crippen LogP contribution in [-0.2, 0) is 12.8 Å². The molecule has 126 valence electrons. The second-order valence-corrected chi connectivity index (χ2v) is 7.98. The molecule has 0 aromatic carbocycles. The number of aryl methyl sites for hydroxylation is 2. The van der Waals surface area contributed by atoms with Crippen LogP contribution in [0.25, 0.3) is 0 Å². The summed E-state index contributed by atoms with van der Waals surface area (Å²) in [6, 6.07) is 4.15. The largest absolute Gasteiger partial charge is 0.337 e. The molecule has 0 radical (unpaired) electrons. The molecular weight excluding hydrogens is 318 g/mol. The lowest BCUT2D eigenvalue weighted by Gasteiger charge is -2.32. The van der Waals surface area contributed by atoms with E-state index in [0.717, 1.165) is 49.3 Å². The maximum atomic E-state index is 13.0. The molecule has 2 aliphatic rings. The summed E-state index contributed by atoms with van der Waals surface area (Å²) in [5, 5.41) is 0. The van der Waals surface area contributed by atoms with Crippen molar-refractivity contribution in [2.24, 2.45) is 0 Å². The molecule has 2 aromatic rings.